The fraction of sp³-hybridized carbons (Fsp3) is 0.200. The van der Waals surface area contributed by atoms with Crippen molar-refractivity contribution in [1.29, 1.82) is 0 Å². The van der Waals surface area contributed by atoms with Crippen LogP contribution in [0.4, 0.5) is 13.2 Å². The maximum Gasteiger partial charge on any atom is 0.420 e. The predicted molar refractivity (Wildman–Crippen MR) is 76.4 cm³/mol. The van der Waals surface area contributed by atoms with Crippen LogP contribution in [0, 0.1) is 0 Å². The fourth-order valence-electron chi connectivity index (χ4n) is 1.79. The van der Waals surface area contributed by atoms with Crippen LogP contribution < -0.4 is 4.74 Å². The quantitative estimate of drug-likeness (QED) is 0.848. The van der Waals surface area contributed by atoms with Gasteiger partial charge in [0.1, 0.15) is 11.5 Å². The summed E-state index contributed by atoms with van der Waals surface area (Å²) >= 11 is 3.02. The third-order valence-electron chi connectivity index (χ3n) is 2.80. The minimum absolute atomic E-state index is 0.0190. The Kier molecular flexibility index (Phi) is 4.90. The minimum atomic E-state index is -4.49. The zero-order valence-electron chi connectivity index (χ0n) is 10.8. The molecule has 0 aliphatic carbocycles. The molecule has 0 spiro atoms. The monoisotopic (exact) mass is 360 g/mol. The second kappa shape index (κ2) is 6.49. The molecule has 0 aliphatic heterocycles. The molecule has 0 unspecified atom stereocenters. The van der Waals surface area contributed by atoms with Crippen LogP contribution in [0.15, 0.2) is 46.9 Å². The van der Waals surface area contributed by atoms with E-state index < -0.39 is 11.7 Å². The highest BCUT2D eigenvalue weighted by molar-refractivity contribution is 9.10. The van der Waals surface area contributed by atoms with Gasteiger partial charge < -0.3 is 9.84 Å². The molecule has 0 amide bonds. The van der Waals surface area contributed by atoms with Gasteiger partial charge in [0, 0.05) is 11.1 Å². The van der Waals surface area contributed by atoms with Gasteiger partial charge >= 0.3 is 6.18 Å². The summed E-state index contributed by atoms with van der Waals surface area (Å²) in [7, 11) is 0. The first kappa shape index (κ1) is 15.9. The summed E-state index contributed by atoms with van der Waals surface area (Å²) in [5.41, 5.74) is 0.0491. The van der Waals surface area contributed by atoms with Crippen molar-refractivity contribution >= 4 is 15.9 Å². The zero-order chi connectivity index (χ0) is 15.5. The Morgan fingerprint density at radius 1 is 1.05 bits per heavy atom. The molecule has 0 fully saturated rings. The topological polar surface area (TPSA) is 29.5 Å². The maximum atomic E-state index is 13.0. The van der Waals surface area contributed by atoms with Gasteiger partial charge in [-0.1, -0.05) is 28.1 Å². The van der Waals surface area contributed by atoms with Crippen molar-refractivity contribution in [2.24, 2.45) is 0 Å². The molecular formula is C15H12BrF3O2. The Bertz CT molecular complexity index is 609. The number of hydrogen-bond donors (Lipinski definition) is 1. The molecule has 2 aromatic rings. The van der Waals surface area contributed by atoms with Crippen LogP contribution in [-0.4, -0.2) is 11.7 Å². The highest BCUT2D eigenvalue weighted by Crippen LogP contribution is 2.39. The molecule has 0 heterocycles. The van der Waals surface area contributed by atoms with E-state index in [1.54, 1.807) is 24.3 Å². The Morgan fingerprint density at radius 3 is 2.29 bits per heavy atom. The summed E-state index contributed by atoms with van der Waals surface area (Å²) in [4.78, 5) is 0. The van der Waals surface area contributed by atoms with Crippen molar-refractivity contribution in [2.75, 3.05) is 6.61 Å². The maximum absolute atomic E-state index is 13.0. The second-order valence-corrected chi connectivity index (χ2v) is 5.27. The summed E-state index contributed by atoms with van der Waals surface area (Å²) in [6, 6.07) is 10.3. The average Bonchev–Trinajstić information content (AvgIpc) is 2.42. The number of benzene rings is 2. The lowest BCUT2D eigenvalue weighted by Gasteiger charge is -2.14. The first-order valence-electron chi connectivity index (χ1n) is 6.14. The Hall–Kier alpha value is -1.53. The third-order valence-corrected chi connectivity index (χ3v) is 3.29. The van der Waals surface area contributed by atoms with Crippen molar-refractivity contribution in [3.05, 3.63) is 58.1 Å². The van der Waals surface area contributed by atoms with Crippen LogP contribution >= 0.6 is 15.9 Å². The Labute approximate surface area is 128 Å². The normalized spacial score (nSPS) is 11.5. The lowest BCUT2D eigenvalue weighted by atomic mass is 10.1. The molecule has 112 valence electrons. The molecule has 2 rings (SSSR count). The highest BCUT2D eigenvalue weighted by atomic mass is 79.9. The first-order chi connectivity index (χ1) is 9.90. The number of hydrogen-bond acceptors (Lipinski definition) is 2. The first-order valence-corrected chi connectivity index (χ1v) is 6.94. The van der Waals surface area contributed by atoms with E-state index >= 15 is 0 Å². The number of alkyl halides is 3. The van der Waals surface area contributed by atoms with E-state index in [9.17, 15) is 13.2 Å². The molecule has 6 heteroatoms. The standard InChI is InChI=1S/C15H12BrF3O2/c16-11-3-6-14(13(9-11)15(17,18)19)21-12-4-1-10(2-5-12)7-8-20/h1-6,9,20H,7-8H2. The SMILES string of the molecule is OCCc1ccc(Oc2ccc(Br)cc2C(F)(F)F)cc1. The Morgan fingerprint density at radius 2 is 1.71 bits per heavy atom. The van der Waals surface area contributed by atoms with E-state index in [1.165, 1.54) is 12.1 Å². The largest absolute Gasteiger partial charge is 0.457 e. The van der Waals surface area contributed by atoms with E-state index in [4.69, 9.17) is 9.84 Å². The molecule has 2 aromatic carbocycles. The predicted octanol–water partition coefficient (Wildman–Crippen LogP) is 4.80. The average molecular weight is 361 g/mol. The number of ether oxygens (including phenoxy) is 1. The zero-order valence-corrected chi connectivity index (χ0v) is 12.4. The summed E-state index contributed by atoms with van der Waals surface area (Å²) in [5, 5.41) is 8.82. The van der Waals surface area contributed by atoms with E-state index in [0.29, 0.717) is 16.6 Å². The number of aliphatic hydroxyl groups is 1. The molecule has 0 aliphatic rings. The van der Waals surface area contributed by atoms with Crippen LogP contribution in [0.1, 0.15) is 11.1 Å². The van der Waals surface area contributed by atoms with Crippen molar-refractivity contribution in [3.8, 4) is 11.5 Å². The minimum Gasteiger partial charge on any atom is -0.457 e. The Balaban J connectivity index is 2.27. The summed E-state index contributed by atoms with van der Waals surface area (Å²) in [6.07, 6.45) is -4.00. The molecule has 0 saturated carbocycles. The van der Waals surface area contributed by atoms with Gasteiger partial charge in [-0.25, -0.2) is 0 Å². The van der Waals surface area contributed by atoms with Crippen LogP contribution in [0.5, 0.6) is 11.5 Å². The fourth-order valence-corrected chi connectivity index (χ4v) is 2.15. The lowest BCUT2D eigenvalue weighted by Crippen LogP contribution is -2.07. The molecule has 2 nitrogen and oxygen atoms in total. The van der Waals surface area contributed by atoms with Gasteiger partial charge in [0.15, 0.2) is 0 Å². The molecule has 0 atom stereocenters. The van der Waals surface area contributed by atoms with Gasteiger partial charge in [0.2, 0.25) is 0 Å². The molecule has 0 aromatic heterocycles. The molecule has 0 radical (unpaired) electrons. The number of rotatable bonds is 4. The number of halogens is 4. The van der Waals surface area contributed by atoms with Crippen molar-refractivity contribution < 1.29 is 23.0 Å². The summed E-state index contributed by atoms with van der Waals surface area (Å²) < 4.78 is 44.6. The molecular weight excluding hydrogens is 349 g/mol. The van der Waals surface area contributed by atoms with Crippen LogP contribution in [0.25, 0.3) is 0 Å². The van der Waals surface area contributed by atoms with Crippen molar-refractivity contribution in [2.45, 2.75) is 12.6 Å². The summed E-state index contributed by atoms with van der Waals surface area (Å²) in [5.74, 6) is 0.0603. The van der Waals surface area contributed by atoms with Gasteiger partial charge in [-0.05, 0) is 42.3 Å². The second-order valence-electron chi connectivity index (χ2n) is 4.36. The van der Waals surface area contributed by atoms with Gasteiger partial charge in [-0.2, -0.15) is 13.2 Å². The van der Waals surface area contributed by atoms with E-state index in [0.717, 1.165) is 11.6 Å². The molecule has 21 heavy (non-hydrogen) atoms. The smallest absolute Gasteiger partial charge is 0.420 e. The molecule has 1 N–H and O–H groups in total. The van der Waals surface area contributed by atoms with Crippen LogP contribution in [-0.2, 0) is 12.6 Å². The van der Waals surface area contributed by atoms with Gasteiger partial charge in [-0.3, -0.25) is 0 Å². The summed E-state index contributed by atoms with van der Waals surface area (Å²) in [6.45, 7) is 0.0190. The van der Waals surface area contributed by atoms with Crippen molar-refractivity contribution in [3.63, 3.8) is 0 Å². The molecule has 0 bridgehead atoms. The van der Waals surface area contributed by atoms with Gasteiger partial charge in [0.05, 0.1) is 5.56 Å². The third kappa shape index (κ3) is 4.22. The van der Waals surface area contributed by atoms with Crippen LogP contribution in [0.2, 0.25) is 0 Å². The highest BCUT2D eigenvalue weighted by Gasteiger charge is 2.34. The van der Waals surface area contributed by atoms with Crippen LogP contribution in [0.3, 0.4) is 0 Å². The number of aliphatic hydroxyl groups excluding tert-OH is 1. The van der Waals surface area contributed by atoms with Crippen molar-refractivity contribution in [1.82, 2.24) is 0 Å². The van der Waals surface area contributed by atoms with E-state index in [-0.39, 0.29) is 12.4 Å². The molecule has 0 saturated heterocycles. The van der Waals surface area contributed by atoms with Gasteiger partial charge in [-0.15, -0.1) is 0 Å². The lowest BCUT2D eigenvalue weighted by molar-refractivity contribution is -0.138. The van der Waals surface area contributed by atoms with Gasteiger partial charge in [0.25, 0.3) is 0 Å². The van der Waals surface area contributed by atoms with E-state index in [2.05, 4.69) is 15.9 Å². The van der Waals surface area contributed by atoms with E-state index in [1.807, 2.05) is 0 Å².